The van der Waals surface area contributed by atoms with E-state index in [9.17, 15) is 9.59 Å². The van der Waals surface area contributed by atoms with Crippen LogP contribution < -0.4 is 0 Å². The first kappa shape index (κ1) is 16.5. The van der Waals surface area contributed by atoms with E-state index in [1.807, 2.05) is 0 Å². The SMILES string of the molecule is C=C(C)C(=O)OCCN(C(=O)OCC)C1CCCCC1. The Morgan fingerprint density at radius 1 is 1.20 bits per heavy atom. The number of hydrogen-bond acceptors (Lipinski definition) is 4. The van der Waals surface area contributed by atoms with Crippen LogP contribution in [0, 0.1) is 0 Å². The monoisotopic (exact) mass is 283 g/mol. The maximum Gasteiger partial charge on any atom is 0.410 e. The van der Waals surface area contributed by atoms with E-state index in [1.54, 1.807) is 18.7 Å². The van der Waals surface area contributed by atoms with Gasteiger partial charge in [-0.3, -0.25) is 0 Å². The molecule has 0 bridgehead atoms. The summed E-state index contributed by atoms with van der Waals surface area (Å²) < 4.78 is 10.2. The van der Waals surface area contributed by atoms with Gasteiger partial charge in [-0.2, -0.15) is 0 Å². The molecule has 20 heavy (non-hydrogen) atoms. The fourth-order valence-electron chi connectivity index (χ4n) is 2.38. The van der Waals surface area contributed by atoms with Crippen LogP contribution in [-0.4, -0.2) is 42.8 Å². The normalized spacial score (nSPS) is 15.5. The second-order valence-corrected chi connectivity index (χ2v) is 5.10. The maximum atomic E-state index is 12.0. The topological polar surface area (TPSA) is 55.8 Å². The number of rotatable bonds is 6. The molecule has 1 saturated carbocycles. The van der Waals surface area contributed by atoms with Crippen molar-refractivity contribution in [2.24, 2.45) is 0 Å². The predicted molar refractivity (Wildman–Crippen MR) is 76.4 cm³/mol. The van der Waals surface area contributed by atoms with Gasteiger partial charge in [-0.25, -0.2) is 9.59 Å². The molecule has 0 saturated heterocycles. The molecule has 0 radical (unpaired) electrons. The van der Waals surface area contributed by atoms with Crippen molar-refractivity contribution in [1.29, 1.82) is 0 Å². The highest BCUT2D eigenvalue weighted by molar-refractivity contribution is 5.86. The van der Waals surface area contributed by atoms with E-state index >= 15 is 0 Å². The minimum absolute atomic E-state index is 0.182. The van der Waals surface area contributed by atoms with Crippen LogP contribution in [0.15, 0.2) is 12.2 Å². The third-order valence-corrected chi connectivity index (χ3v) is 3.43. The first-order valence-corrected chi connectivity index (χ1v) is 7.32. The second kappa shape index (κ2) is 8.61. The fourth-order valence-corrected chi connectivity index (χ4v) is 2.38. The fraction of sp³-hybridized carbons (Fsp3) is 0.733. The summed E-state index contributed by atoms with van der Waals surface area (Å²) >= 11 is 0. The lowest BCUT2D eigenvalue weighted by Gasteiger charge is -2.33. The van der Waals surface area contributed by atoms with E-state index in [0.717, 1.165) is 25.7 Å². The summed E-state index contributed by atoms with van der Waals surface area (Å²) in [4.78, 5) is 25.0. The van der Waals surface area contributed by atoms with Gasteiger partial charge in [0.15, 0.2) is 0 Å². The molecular formula is C15H25NO4. The highest BCUT2D eigenvalue weighted by Gasteiger charge is 2.26. The smallest absolute Gasteiger partial charge is 0.410 e. The Morgan fingerprint density at radius 3 is 2.40 bits per heavy atom. The minimum Gasteiger partial charge on any atom is -0.460 e. The molecule has 1 amide bonds. The van der Waals surface area contributed by atoms with Gasteiger partial charge >= 0.3 is 12.1 Å². The van der Waals surface area contributed by atoms with Gasteiger partial charge in [0.25, 0.3) is 0 Å². The molecule has 114 valence electrons. The van der Waals surface area contributed by atoms with E-state index in [1.165, 1.54) is 6.42 Å². The van der Waals surface area contributed by atoms with Crippen molar-refractivity contribution in [2.75, 3.05) is 19.8 Å². The number of ether oxygens (including phenoxy) is 2. The van der Waals surface area contributed by atoms with Crippen LogP contribution in [0.3, 0.4) is 0 Å². The molecule has 0 unspecified atom stereocenters. The van der Waals surface area contributed by atoms with E-state index < -0.39 is 5.97 Å². The van der Waals surface area contributed by atoms with Crippen LogP contribution in [0.5, 0.6) is 0 Å². The summed E-state index contributed by atoms with van der Waals surface area (Å²) in [5.74, 6) is -0.419. The molecule has 5 nitrogen and oxygen atoms in total. The summed E-state index contributed by atoms with van der Waals surface area (Å²) in [7, 11) is 0. The largest absolute Gasteiger partial charge is 0.460 e. The zero-order valence-electron chi connectivity index (χ0n) is 12.5. The number of amides is 1. The van der Waals surface area contributed by atoms with E-state index in [4.69, 9.17) is 9.47 Å². The molecule has 0 aromatic heterocycles. The number of carbonyl (C=O) groups is 2. The molecule has 0 aromatic rings. The number of esters is 1. The van der Waals surface area contributed by atoms with Crippen LogP contribution in [0.1, 0.15) is 46.0 Å². The van der Waals surface area contributed by atoms with Crippen LogP contribution in [0.25, 0.3) is 0 Å². The Morgan fingerprint density at radius 2 is 1.85 bits per heavy atom. The van der Waals surface area contributed by atoms with Crippen molar-refractivity contribution < 1.29 is 19.1 Å². The Bertz CT molecular complexity index is 348. The minimum atomic E-state index is -0.419. The molecule has 5 heteroatoms. The molecular weight excluding hydrogens is 258 g/mol. The Labute approximate surface area is 120 Å². The van der Waals surface area contributed by atoms with Gasteiger partial charge in [-0.05, 0) is 26.7 Å². The molecule has 0 N–H and O–H groups in total. The van der Waals surface area contributed by atoms with Gasteiger partial charge in [0, 0.05) is 11.6 Å². The molecule has 0 aromatic carbocycles. The van der Waals surface area contributed by atoms with Crippen LogP contribution in [0.4, 0.5) is 4.79 Å². The molecule has 0 spiro atoms. The molecule has 0 heterocycles. The van der Waals surface area contributed by atoms with Crippen LogP contribution >= 0.6 is 0 Å². The molecule has 1 fully saturated rings. The first-order valence-electron chi connectivity index (χ1n) is 7.32. The zero-order chi connectivity index (χ0) is 15.0. The number of carbonyl (C=O) groups excluding carboxylic acids is 2. The standard InChI is InChI=1S/C15H25NO4/c1-4-19-15(18)16(13-8-6-5-7-9-13)10-11-20-14(17)12(2)3/h13H,2,4-11H2,1,3H3. The molecule has 0 aliphatic heterocycles. The Balaban J connectivity index is 2.51. The lowest BCUT2D eigenvalue weighted by molar-refractivity contribution is -0.139. The zero-order valence-corrected chi connectivity index (χ0v) is 12.5. The van der Waals surface area contributed by atoms with E-state index in [0.29, 0.717) is 18.7 Å². The van der Waals surface area contributed by atoms with E-state index in [2.05, 4.69) is 6.58 Å². The van der Waals surface area contributed by atoms with Crippen molar-refractivity contribution in [3.8, 4) is 0 Å². The van der Waals surface area contributed by atoms with Crippen LogP contribution in [0.2, 0.25) is 0 Å². The second-order valence-electron chi connectivity index (χ2n) is 5.10. The van der Waals surface area contributed by atoms with Crippen molar-refractivity contribution in [3.05, 3.63) is 12.2 Å². The summed E-state index contributed by atoms with van der Waals surface area (Å²) in [6, 6.07) is 0.200. The summed E-state index contributed by atoms with van der Waals surface area (Å²) in [5.41, 5.74) is 0.366. The average Bonchev–Trinajstić information content (AvgIpc) is 2.44. The van der Waals surface area contributed by atoms with Gasteiger partial charge in [-0.15, -0.1) is 0 Å². The number of nitrogens with zero attached hydrogens (tertiary/aromatic N) is 1. The van der Waals surface area contributed by atoms with Gasteiger partial charge < -0.3 is 14.4 Å². The number of hydrogen-bond donors (Lipinski definition) is 0. The van der Waals surface area contributed by atoms with E-state index in [-0.39, 0.29) is 18.7 Å². The lowest BCUT2D eigenvalue weighted by atomic mass is 9.94. The highest BCUT2D eigenvalue weighted by Crippen LogP contribution is 2.23. The quantitative estimate of drug-likeness (QED) is 0.555. The molecule has 0 atom stereocenters. The van der Waals surface area contributed by atoms with Crippen molar-refractivity contribution >= 4 is 12.1 Å². The van der Waals surface area contributed by atoms with Crippen molar-refractivity contribution in [1.82, 2.24) is 4.90 Å². The van der Waals surface area contributed by atoms with Gasteiger partial charge in [0.2, 0.25) is 0 Å². The van der Waals surface area contributed by atoms with Crippen LogP contribution in [-0.2, 0) is 14.3 Å². The third kappa shape index (κ3) is 5.23. The highest BCUT2D eigenvalue weighted by atomic mass is 16.6. The summed E-state index contributed by atoms with van der Waals surface area (Å²) in [5, 5.41) is 0. The van der Waals surface area contributed by atoms with Gasteiger partial charge in [0.05, 0.1) is 13.2 Å². The average molecular weight is 283 g/mol. The predicted octanol–water partition coefficient (Wildman–Crippen LogP) is 2.90. The maximum absolute atomic E-state index is 12.0. The lowest BCUT2D eigenvalue weighted by Crippen LogP contribution is -2.43. The Kier molecular flexibility index (Phi) is 7.12. The molecule has 1 aliphatic carbocycles. The van der Waals surface area contributed by atoms with Gasteiger partial charge in [0.1, 0.15) is 6.61 Å². The summed E-state index contributed by atoms with van der Waals surface area (Å²) in [6.07, 6.45) is 5.15. The first-order chi connectivity index (χ1) is 9.56. The Hall–Kier alpha value is -1.52. The third-order valence-electron chi connectivity index (χ3n) is 3.43. The van der Waals surface area contributed by atoms with Crippen molar-refractivity contribution in [2.45, 2.75) is 52.0 Å². The van der Waals surface area contributed by atoms with Crippen molar-refractivity contribution in [3.63, 3.8) is 0 Å². The summed E-state index contributed by atoms with van der Waals surface area (Å²) in [6.45, 7) is 7.83. The van der Waals surface area contributed by atoms with Gasteiger partial charge in [-0.1, -0.05) is 25.8 Å². The molecule has 1 aliphatic rings. The molecule has 1 rings (SSSR count).